The predicted molar refractivity (Wildman–Crippen MR) is 68.4 cm³/mol. The molecular formula is C12H14ClN2OS+. The molecule has 5 heteroatoms. The van der Waals surface area contributed by atoms with Gasteiger partial charge in [-0.15, -0.1) is 0 Å². The molecule has 0 radical (unpaired) electrons. The standard InChI is InChI=1S/C12H14ClN2OS/c1-9-15(8-11(17-9)4-6-16)7-10-3-2-5-14-12(10)13/h2-3,5,8,16H,4,6-7H2,1H3/q+1. The lowest BCUT2D eigenvalue weighted by atomic mass is 10.3. The van der Waals surface area contributed by atoms with Crippen molar-refractivity contribution in [2.24, 2.45) is 0 Å². The van der Waals surface area contributed by atoms with Crippen molar-refractivity contribution in [2.75, 3.05) is 6.61 Å². The Morgan fingerprint density at radius 2 is 2.35 bits per heavy atom. The first kappa shape index (κ1) is 12.5. The fourth-order valence-electron chi connectivity index (χ4n) is 1.64. The van der Waals surface area contributed by atoms with Gasteiger partial charge in [0, 0.05) is 26.1 Å². The highest BCUT2D eigenvalue weighted by Gasteiger charge is 2.15. The Balaban J connectivity index is 2.21. The maximum absolute atomic E-state index is 8.92. The number of thiazole rings is 1. The van der Waals surface area contributed by atoms with E-state index in [2.05, 4.69) is 22.7 Å². The second-order valence-corrected chi connectivity index (χ2v) is 5.45. The van der Waals surface area contributed by atoms with Crippen LogP contribution in [0.3, 0.4) is 0 Å². The molecule has 0 fully saturated rings. The Labute approximate surface area is 109 Å². The van der Waals surface area contributed by atoms with Gasteiger partial charge in [0.05, 0.1) is 10.4 Å². The highest BCUT2D eigenvalue weighted by atomic mass is 35.5. The third-order valence-corrected chi connectivity index (χ3v) is 3.96. The fourth-order valence-corrected chi connectivity index (χ4v) is 2.81. The summed E-state index contributed by atoms with van der Waals surface area (Å²) in [6.07, 6.45) is 4.47. The van der Waals surface area contributed by atoms with E-state index >= 15 is 0 Å². The van der Waals surface area contributed by atoms with Crippen molar-refractivity contribution in [3.63, 3.8) is 0 Å². The van der Waals surface area contributed by atoms with Crippen molar-refractivity contribution >= 4 is 22.9 Å². The van der Waals surface area contributed by atoms with E-state index in [1.54, 1.807) is 17.5 Å². The zero-order valence-electron chi connectivity index (χ0n) is 9.56. The molecule has 90 valence electrons. The van der Waals surface area contributed by atoms with Crippen LogP contribution in [0.25, 0.3) is 0 Å². The molecule has 0 bridgehead atoms. The van der Waals surface area contributed by atoms with Gasteiger partial charge in [-0.3, -0.25) is 0 Å². The number of pyridine rings is 1. The summed E-state index contributed by atoms with van der Waals surface area (Å²) in [4.78, 5) is 5.25. The lowest BCUT2D eigenvalue weighted by molar-refractivity contribution is -0.689. The van der Waals surface area contributed by atoms with Gasteiger partial charge < -0.3 is 5.11 Å². The molecule has 2 aromatic heterocycles. The Morgan fingerprint density at radius 3 is 3.06 bits per heavy atom. The number of aliphatic hydroxyl groups is 1. The molecule has 2 rings (SSSR count). The number of hydrogen-bond donors (Lipinski definition) is 1. The first-order chi connectivity index (χ1) is 8.20. The molecule has 2 heterocycles. The summed E-state index contributed by atoms with van der Waals surface area (Å²) in [6.45, 7) is 2.98. The molecule has 3 nitrogen and oxygen atoms in total. The maximum Gasteiger partial charge on any atom is 0.234 e. The second-order valence-electron chi connectivity index (χ2n) is 3.77. The first-order valence-electron chi connectivity index (χ1n) is 5.39. The molecule has 0 saturated carbocycles. The third kappa shape index (κ3) is 3.03. The highest BCUT2D eigenvalue weighted by molar-refractivity contribution is 7.11. The highest BCUT2D eigenvalue weighted by Crippen LogP contribution is 2.14. The number of rotatable bonds is 4. The van der Waals surface area contributed by atoms with Crippen LogP contribution in [0.1, 0.15) is 15.4 Å². The fraction of sp³-hybridized carbons (Fsp3) is 0.333. The van der Waals surface area contributed by atoms with Crippen LogP contribution < -0.4 is 4.57 Å². The van der Waals surface area contributed by atoms with Gasteiger partial charge in [0.15, 0.2) is 12.7 Å². The zero-order valence-corrected chi connectivity index (χ0v) is 11.1. The monoisotopic (exact) mass is 269 g/mol. The van der Waals surface area contributed by atoms with Crippen LogP contribution in [0.4, 0.5) is 0 Å². The van der Waals surface area contributed by atoms with Gasteiger partial charge in [-0.1, -0.05) is 22.9 Å². The van der Waals surface area contributed by atoms with Crippen LogP contribution in [0.15, 0.2) is 24.5 Å². The van der Waals surface area contributed by atoms with E-state index in [-0.39, 0.29) is 6.61 Å². The Hall–Kier alpha value is -0.970. The molecule has 0 unspecified atom stereocenters. The molecule has 0 aliphatic carbocycles. The topological polar surface area (TPSA) is 37.0 Å². The number of aromatic nitrogens is 2. The second kappa shape index (κ2) is 5.58. The predicted octanol–water partition coefficient (Wildman–Crippen LogP) is 1.98. The van der Waals surface area contributed by atoms with Crippen LogP contribution in [0.5, 0.6) is 0 Å². The molecule has 0 aromatic carbocycles. The normalized spacial score (nSPS) is 10.8. The van der Waals surface area contributed by atoms with Crippen molar-refractivity contribution in [2.45, 2.75) is 19.9 Å². The van der Waals surface area contributed by atoms with Gasteiger partial charge in [0.25, 0.3) is 0 Å². The van der Waals surface area contributed by atoms with Gasteiger partial charge in [-0.25, -0.2) is 4.98 Å². The summed E-state index contributed by atoms with van der Waals surface area (Å²) in [5.74, 6) is 0. The minimum atomic E-state index is 0.188. The third-order valence-electron chi connectivity index (χ3n) is 2.52. The lowest BCUT2D eigenvalue weighted by Crippen LogP contribution is -2.34. The zero-order chi connectivity index (χ0) is 12.3. The smallest absolute Gasteiger partial charge is 0.234 e. The summed E-state index contributed by atoms with van der Waals surface area (Å²) in [5.41, 5.74) is 1.01. The average Bonchev–Trinajstić information content (AvgIpc) is 2.63. The van der Waals surface area contributed by atoms with Gasteiger partial charge in [0.2, 0.25) is 5.01 Å². The summed E-state index contributed by atoms with van der Waals surface area (Å²) < 4.78 is 2.14. The van der Waals surface area contributed by atoms with Gasteiger partial charge in [-0.2, -0.15) is 4.57 Å². The van der Waals surface area contributed by atoms with Crippen molar-refractivity contribution in [3.8, 4) is 0 Å². The summed E-state index contributed by atoms with van der Waals surface area (Å²) in [5, 5.41) is 10.7. The maximum atomic E-state index is 8.92. The SMILES string of the molecule is Cc1sc(CCO)c[n+]1Cc1cccnc1Cl. The van der Waals surface area contributed by atoms with E-state index in [4.69, 9.17) is 16.7 Å². The molecule has 0 aliphatic heterocycles. The largest absolute Gasteiger partial charge is 0.396 e. The van der Waals surface area contributed by atoms with Crippen molar-refractivity contribution in [1.82, 2.24) is 4.98 Å². The quantitative estimate of drug-likeness (QED) is 0.681. The van der Waals surface area contributed by atoms with E-state index in [1.807, 2.05) is 12.1 Å². The number of hydrogen-bond acceptors (Lipinski definition) is 3. The van der Waals surface area contributed by atoms with E-state index in [0.717, 1.165) is 12.1 Å². The Morgan fingerprint density at radius 1 is 1.53 bits per heavy atom. The van der Waals surface area contributed by atoms with E-state index in [0.29, 0.717) is 11.6 Å². The number of aryl methyl sites for hydroxylation is 1. The molecule has 0 spiro atoms. The van der Waals surface area contributed by atoms with Crippen LogP contribution in [0.2, 0.25) is 5.15 Å². The van der Waals surface area contributed by atoms with E-state index < -0.39 is 0 Å². The van der Waals surface area contributed by atoms with Crippen molar-refractivity contribution in [1.29, 1.82) is 0 Å². The molecule has 0 amide bonds. The number of aliphatic hydroxyl groups excluding tert-OH is 1. The molecule has 2 aromatic rings. The lowest BCUT2D eigenvalue weighted by Gasteiger charge is -1.98. The number of nitrogens with zero attached hydrogens (tertiary/aromatic N) is 2. The van der Waals surface area contributed by atoms with Crippen molar-refractivity contribution < 1.29 is 9.67 Å². The summed E-state index contributed by atoms with van der Waals surface area (Å²) in [6, 6.07) is 3.86. The molecular weight excluding hydrogens is 256 g/mol. The van der Waals surface area contributed by atoms with Crippen LogP contribution in [-0.4, -0.2) is 16.7 Å². The van der Waals surface area contributed by atoms with Crippen LogP contribution in [0, 0.1) is 6.92 Å². The molecule has 1 N–H and O–H groups in total. The average molecular weight is 270 g/mol. The summed E-state index contributed by atoms with van der Waals surface area (Å²) in [7, 11) is 0. The number of halogens is 1. The van der Waals surface area contributed by atoms with Gasteiger partial charge >= 0.3 is 0 Å². The van der Waals surface area contributed by atoms with E-state index in [1.165, 1.54) is 9.88 Å². The molecule has 0 saturated heterocycles. The van der Waals surface area contributed by atoms with Crippen LogP contribution >= 0.6 is 22.9 Å². The molecule has 0 atom stereocenters. The molecule has 17 heavy (non-hydrogen) atoms. The van der Waals surface area contributed by atoms with Crippen LogP contribution in [-0.2, 0) is 13.0 Å². The Bertz CT molecular complexity index is 513. The minimum Gasteiger partial charge on any atom is -0.396 e. The summed E-state index contributed by atoms with van der Waals surface area (Å²) >= 11 is 7.74. The molecule has 0 aliphatic rings. The van der Waals surface area contributed by atoms with Crippen molar-refractivity contribution in [3.05, 3.63) is 45.1 Å². The van der Waals surface area contributed by atoms with E-state index in [9.17, 15) is 0 Å². The first-order valence-corrected chi connectivity index (χ1v) is 6.59. The van der Waals surface area contributed by atoms with Gasteiger partial charge in [0.1, 0.15) is 5.15 Å². The minimum absolute atomic E-state index is 0.188. The van der Waals surface area contributed by atoms with Gasteiger partial charge in [-0.05, 0) is 12.1 Å². The Kier molecular flexibility index (Phi) is 4.10.